The van der Waals surface area contributed by atoms with Crippen LogP contribution in [0.15, 0.2) is 24.3 Å². The summed E-state index contributed by atoms with van der Waals surface area (Å²) in [7, 11) is -5.05. The summed E-state index contributed by atoms with van der Waals surface area (Å²) in [5.74, 6) is -0.895. The largest absolute Gasteiger partial charge is 0.492 e. The Morgan fingerprint density at radius 2 is 1.38 bits per heavy atom. The number of hydrogen-bond donors (Lipinski definition) is 0. The number of ether oxygens (including phenoxy) is 1. The van der Waals surface area contributed by atoms with Crippen molar-refractivity contribution in [1.82, 2.24) is 0 Å². The van der Waals surface area contributed by atoms with Gasteiger partial charge in [-0.3, -0.25) is 0 Å². The van der Waals surface area contributed by atoms with Crippen LogP contribution in [-0.4, -0.2) is 34.5 Å². The predicted molar refractivity (Wildman–Crippen MR) is 87.3 cm³/mol. The van der Waals surface area contributed by atoms with Gasteiger partial charge in [-0.1, -0.05) is 13.2 Å². The van der Waals surface area contributed by atoms with Crippen LogP contribution in [0.2, 0.25) is 26.2 Å². The molecule has 0 rings (SSSR count). The molecule has 0 aromatic carbocycles. The second kappa shape index (κ2) is 7.19. The van der Waals surface area contributed by atoms with Crippen molar-refractivity contribution in [3.63, 3.8) is 0 Å². The van der Waals surface area contributed by atoms with Gasteiger partial charge in [-0.05, 0) is 47.0 Å². The summed E-state index contributed by atoms with van der Waals surface area (Å²) in [5, 5.41) is 0. The third-order valence-electron chi connectivity index (χ3n) is 2.81. The number of carbonyl (C=O) groups excluding carboxylic acids is 2. The van der Waals surface area contributed by atoms with Crippen molar-refractivity contribution in [3.05, 3.63) is 24.3 Å². The van der Waals surface area contributed by atoms with E-state index in [1.54, 1.807) is 33.9 Å². The quantitative estimate of drug-likeness (QED) is 0.408. The first-order valence-electron chi connectivity index (χ1n) is 6.74. The van der Waals surface area contributed by atoms with E-state index in [2.05, 4.69) is 13.2 Å². The van der Waals surface area contributed by atoms with E-state index in [1.807, 2.05) is 13.1 Å². The van der Waals surface area contributed by atoms with Crippen molar-refractivity contribution in [3.8, 4) is 0 Å². The number of hydrogen-bond acceptors (Lipinski definition) is 5. The van der Waals surface area contributed by atoms with Crippen molar-refractivity contribution in [2.45, 2.75) is 52.7 Å². The zero-order valence-corrected chi connectivity index (χ0v) is 16.0. The first-order chi connectivity index (χ1) is 9.28. The number of carbonyl (C=O) groups is 2. The Labute approximate surface area is 129 Å². The fourth-order valence-corrected chi connectivity index (χ4v) is 8.36. The molecule has 0 saturated heterocycles. The van der Waals surface area contributed by atoms with Gasteiger partial charge in [-0.15, -0.1) is 0 Å². The molecule has 0 heterocycles. The lowest BCUT2D eigenvalue weighted by Gasteiger charge is -2.36. The SMILES string of the molecule is C=C(C)C(=O)OC(C)[Si](C)(C)O[Si](C)(C)OC(=O)C(=C)C. The molecule has 0 amide bonds. The van der Waals surface area contributed by atoms with Crippen LogP contribution < -0.4 is 0 Å². The Kier molecular flexibility index (Phi) is 6.78. The minimum atomic E-state index is -2.67. The average Bonchev–Trinajstić information content (AvgIpc) is 2.25. The lowest BCUT2D eigenvalue weighted by molar-refractivity contribution is -0.141. The smallest absolute Gasteiger partial charge is 0.385 e. The van der Waals surface area contributed by atoms with E-state index in [1.165, 1.54) is 0 Å². The van der Waals surface area contributed by atoms with Crippen LogP contribution >= 0.6 is 0 Å². The van der Waals surface area contributed by atoms with E-state index in [9.17, 15) is 9.59 Å². The Bertz CT molecular complexity index is 454. The molecule has 0 aliphatic heterocycles. The molecule has 120 valence electrons. The summed E-state index contributed by atoms with van der Waals surface area (Å²) >= 11 is 0. The molecular formula is C14H26O5Si2. The molecule has 0 radical (unpaired) electrons. The Hall–Kier alpha value is -1.19. The molecule has 0 aromatic heterocycles. The fraction of sp³-hybridized carbons (Fsp3) is 0.571. The molecule has 0 N–H and O–H groups in total. The standard InChI is InChI=1S/C14H26O5Si2/c1-10(2)13(15)17-12(5)20(6,7)19-21(8,9)18-14(16)11(3)4/h12H,1,3H2,2,4-9H3. The Morgan fingerprint density at radius 1 is 0.952 bits per heavy atom. The molecule has 0 aliphatic rings. The fourth-order valence-electron chi connectivity index (χ4n) is 1.45. The highest BCUT2D eigenvalue weighted by atomic mass is 28.4. The number of rotatable bonds is 7. The zero-order chi connectivity index (χ0) is 17.0. The molecule has 0 spiro atoms. The molecule has 0 saturated carbocycles. The van der Waals surface area contributed by atoms with Crippen LogP contribution in [0, 0.1) is 0 Å². The molecule has 7 heteroatoms. The maximum atomic E-state index is 11.6. The van der Waals surface area contributed by atoms with Crippen LogP contribution in [0.5, 0.6) is 0 Å². The Balaban J connectivity index is 4.84. The number of esters is 1. The molecule has 0 fully saturated rings. The lowest BCUT2D eigenvalue weighted by atomic mass is 10.4. The van der Waals surface area contributed by atoms with Gasteiger partial charge in [-0.25, -0.2) is 9.59 Å². The van der Waals surface area contributed by atoms with E-state index in [4.69, 9.17) is 13.3 Å². The summed E-state index contributed by atoms with van der Waals surface area (Å²) in [6.45, 7) is 19.5. The maximum Gasteiger partial charge on any atom is 0.385 e. The summed E-state index contributed by atoms with van der Waals surface area (Å²) in [5.41, 5.74) is 0.300. The molecular weight excluding hydrogens is 304 g/mol. The van der Waals surface area contributed by atoms with Crippen molar-refractivity contribution in [2.24, 2.45) is 0 Å². The minimum absolute atomic E-state index is 0.334. The lowest BCUT2D eigenvalue weighted by Crippen LogP contribution is -2.54. The average molecular weight is 331 g/mol. The highest BCUT2D eigenvalue weighted by Crippen LogP contribution is 2.22. The van der Waals surface area contributed by atoms with E-state index in [0.717, 1.165) is 0 Å². The van der Waals surface area contributed by atoms with Gasteiger partial charge in [0.2, 0.25) is 8.32 Å². The van der Waals surface area contributed by atoms with Crippen molar-refractivity contribution < 1.29 is 22.9 Å². The maximum absolute atomic E-state index is 11.6. The summed E-state index contributed by atoms with van der Waals surface area (Å²) in [6, 6.07) is 0. The van der Waals surface area contributed by atoms with E-state index in [0.29, 0.717) is 11.1 Å². The summed E-state index contributed by atoms with van der Waals surface area (Å²) in [6.07, 6.45) is 0. The summed E-state index contributed by atoms with van der Waals surface area (Å²) < 4.78 is 16.8. The summed E-state index contributed by atoms with van der Waals surface area (Å²) in [4.78, 5) is 23.2. The van der Waals surface area contributed by atoms with Gasteiger partial charge in [0, 0.05) is 11.1 Å². The minimum Gasteiger partial charge on any atom is -0.492 e. The van der Waals surface area contributed by atoms with Gasteiger partial charge < -0.3 is 13.3 Å². The van der Waals surface area contributed by atoms with Gasteiger partial charge >= 0.3 is 20.5 Å². The topological polar surface area (TPSA) is 61.8 Å². The first-order valence-corrected chi connectivity index (χ1v) is 12.5. The normalized spacial score (nSPS) is 13.3. The van der Waals surface area contributed by atoms with Gasteiger partial charge in [0.05, 0.1) is 0 Å². The van der Waals surface area contributed by atoms with Crippen LogP contribution in [0.25, 0.3) is 0 Å². The van der Waals surface area contributed by atoms with Crippen molar-refractivity contribution in [1.29, 1.82) is 0 Å². The van der Waals surface area contributed by atoms with Gasteiger partial charge in [0.25, 0.3) is 0 Å². The Morgan fingerprint density at radius 3 is 1.76 bits per heavy atom. The van der Waals surface area contributed by atoms with Gasteiger partial charge in [-0.2, -0.15) is 0 Å². The first kappa shape index (κ1) is 19.8. The molecule has 0 bridgehead atoms. The molecule has 21 heavy (non-hydrogen) atoms. The second-order valence-corrected chi connectivity index (χ2v) is 13.9. The van der Waals surface area contributed by atoms with Crippen molar-refractivity contribution >= 4 is 28.8 Å². The monoisotopic (exact) mass is 330 g/mol. The van der Waals surface area contributed by atoms with Crippen molar-refractivity contribution in [2.75, 3.05) is 0 Å². The molecule has 1 atom stereocenters. The van der Waals surface area contributed by atoms with E-state index >= 15 is 0 Å². The van der Waals surface area contributed by atoms with Gasteiger partial charge in [0.15, 0.2) is 0 Å². The van der Waals surface area contributed by atoms with Gasteiger partial charge in [0.1, 0.15) is 5.73 Å². The third-order valence-corrected chi connectivity index (χ3v) is 9.63. The molecule has 0 aromatic rings. The van der Waals surface area contributed by atoms with E-state index in [-0.39, 0.29) is 5.73 Å². The molecule has 1 unspecified atom stereocenters. The highest BCUT2D eigenvalue weighted by Gasteiger charge is 2.42. The van der Waals surface area contributed by atoms with Crippen LogP contribution in [0.3, 0.4) is 0 Å². The third kappa shape index (κ3) is 6.88. The second-order valence-electron chi connectivity index (χ2n) is 6.10. The highest BCUT2D eigenvalue weighted by molar-refractivity contribution is 6.83. The van der Waals surface area contributed by atoms with E-state index < -0.39 is 28.8 Å². The van der Waals surface area contributed by atoms with Crippen LogP contribution in [0.4, 0.5) is 0 Å². The molecule has 0 aliphatic carbocycles. The zero-order valence-electron chi connectivity index (χ0n) is 14.0. The molecule has 5 nitrogen and oxygen atoms in total. The van der Waals surface area contributed by atoms with Crippen LogP contribution in [-0.2, 0) is 22.9 Å². The van der Waals surface area contributed by atoms with Crippen LogP contribution in [0.1, 0.15) is 20.8 Å². The predicted octanol–water partition coefficient (Wildman–Crippen LogP) is 3.08.